The number of nitrogens with two attached hydrogens (primary N) is 1. The van der Waals surface area contributed by atoms with Gasteiger partial charge < -0.3 is 5.73 Å². The summed E-state index contributed by atoms with van der Waals surface area (Å²) in [5.41, 5.74) is 7.12. The third-order valence-electron chi connectivity index (χ3n) is 2.38. The summed E-state index contributed by atoms with van der Waals surface area (Å²) in [4.78, 5) is 4.18. The second-order valence-electron chi connectivity index (χ2n) is 3.49. The fourth-order valence-electron chi connectivity index (χ4n) is 1.48. The SMILES string of the molecule is N=Cn1c(N)nc(-c2ccc(Cl)cc2)c(Br)c1=N. The molecule has 0 aliphatic carbocycles. The average Bonchev–Trinajstić information content (AvgIpc) is 2.36. The van der Waals surface area contributed by atoms with Crippen molar-refractivity contribution in [3.63, 3.8) is 0 Å². The first kappa shape index (κ1) is 12.8. The highest BCUT2D eigenvalue weighted by Gasteiger charge is 2.11. The van der Waals surface area contributed by atoms with Crippen molar-refractivity contribution in [3.05, 3.63) is 39.2 Å². The normalized spacial score (nSPS) is 10.3. The summed E-state index contributed by atoms with van der Waals surface area (Å²) in [5.74, 6) is 0.0863. The van der Waals surface area contributed by atoms with Crippen molar-refractivity contribution in [1.29, 1.82) is 10.8 Å². The second-order valence-corrected chi connectivity index (χ2v) is 4.72. The predicted octanol–water partition coefficient (Wildman–Crippen LogP) is 2.48. The van der Waals surface area contributed by atoms with Crippen LogP contribution in [0.1, 0.15) is 0 Å². The van der Waals surface area contributed by atoms with Gasteiger partial charge in [-0.05, 0) is 28.1 Å². The van der Waals surface area contributed by atoms with Crippen LogP contribution in [0.25, 0.3) is 11.3 Å². The van der Waals surface area contributed by atoms with Crippen LogP contribution in [-0.2, 0) is 0 Å². The Morgan fingerprint density at radius 1 is 1.33 bits per heavy atom. The van der Waals surface area contributed by atoms with Crippen LogP contribution in [0.15, 0.2) is 28.7 Å². The summed E-state index contributed by atoms with van der Waals surface area (Å²) in [6, 6.07) is 7.07. The van der Waals surface area contributed by atoms with Gasteiger partial charge in [-0.25, -0.2) is 4.98 Å². The summed E-state index contributed by atoms with van der Waals surface area (Å²) in [5, 5.41) is 15.7. The van der Waals surface area contributed by atoms with E-state index in [1.807, 2.05) is 0 Å². The molecule has 1 aromatic heterocycles. The highest BCUT2D eigenvalue weighted by Crippen LogP contribution is 2.25. The molecule has 0 spiro atoms. The van der Waals surface area contributed by atoms with Crippen LogP contribution in [0.5, 0.6) is 0 Å². The van der Waals surface area contributed by atoms with Gasteiger partial charge in [0.2, 0.25) is 5.95 Å². The van der Waals surface area contributed by atoms with Crippen molar-refractivity contribution in [2.45, 2.75) is 0 Å². The number of rotatable bonds is 2. The fourth-order valence-corrected chi connectivity index (χ4v) is 2.11. The first-order chi connectivity index (χ1) is 8.54. The molecule has 2 rings (SSSR count). The molecule has 0 saturated heterocycles. The third-order valence-corrected chi connectivity index (χ3v) is 3.38. The fraction of sp³-hybridized carbons (Fsp3) is 0. The van der Waals surface area contributed by atoms with E-state index in [2.05, 4.69) is 20.9 Å². The summed E-state index contributed by atoms with van der Waals surface area (Å²) in [7, 11) is 0. The van der Waals surface area contributed by atoms with Crippen LogP contribution in [-0.4, -0.2) is 15.9 Å². The topological polar surface area (TPSA) is 91.5 Å². The molecule has 7 heteroatoms. The van der Waals surface area contributed by atoms with Crippen LogP contribution < -0.4 is 11.2 Å². The first-order valence-electron chi connectivity index (χ1n) is 4.93. The Kier molecular flexibility index (Phi) is 3.49. The molecule has 0 aliphatic rings. The summed E-state index contributed by atoms with van der Waals surface area (Å²) in [6.07, 6.45) is 0.946. The van der Waals surface area contributed by atoms with Crippen LogP contribution in [0.3, 0.4) is 0 Å². The zero-order chi connectivity index (χ0) is 13.3. The predicted molar refractivity (Wildman–Crippen MR) is 74.8 cm³/mol. The molecule has 0 fully saturated rings. The summed E-state index contributed by atoms with van der Waals surface area (Å²) >= 11 is 9.12. The Labute approximate surface area is 116 Å². The lowest BCUT2D eigenvalue weighted by molar-refractivity contribution is 0.945. The van der Waals surface area contributed by atoms with E-state index < -0.39 is 0 Å². The standard InChI is InChI=1S/C11H9BrClN5/c12-8-9(6-1-3-7(13)4-2-6)17-11(16)18(5-14)10(8)15/h1-5,14-15H,(H2,16,17). The highest BCUT2D eigenvalue weighted by atomic mass is 79.9. The maximum absolute atomic E-state index is 7.89. The highest BCUT2D eigenvalue weighted by molar-refractivity contribution is 9.10. The van der Waals surface area contributed by atoms with Gasteiger partial charge in [0, 0.05) is 10.6 Å². The second kappa shape index (κ2) is 4.91. The molecule has 18 heavy (non-hydrogen) atoms. The van der Waals surface area contributed by atoms with Gasteiger partial charge in [-0.3, -0.25) is 15.4 Å². The first-order valence-corrected chi connectivity index (χ1v) is 6.10. The smallest absolute Gasteiger partial charge is 0.207 e. The molecule has 0 bridgehead atoms. The van der Waals surface area contributed by atoms with Gasteiger partial charge in [0.05, 0.1) is 16.5 Å². The lowest BCUT2D eigenvalue weighted by Gasteiger charge is -2.09. The van der Waals surface area contributed by atoms with Gasteiger partial charge in [-0.2, -0.15) is 0 Å². The Hall–Kier alpha value is -1.66. The molecule has 0 radical (unpaired) electrons. The zero-order valence-corrected chi connectivity index (χ0v) is 11.5. The van der Waals surface area contributed by atoms with Gasteiger partial charge >= 0.3 is 0 Å². The van der Waals surface area contributed by atoms with E-state index in [-0.39, 0.29) is 11.4 Å². The zero-order valence-electron chi connectivity index (χ0n) is 9.11. The van der Waals surface area contributed by atoms with E-state index in [0.717, 1.165) is 11.9 Å². The number of hydrogen-bond acceptors (Lipinski definition) is 4. The van der Waals surface area contributed by atoms with Gasteiger partial charge in [-0.15, -0.1) is 0 Å². The Morgan fingerprint density at radius 2 is 1.94 bits per heavy atom. The number of nitrogen functional groups attached to an aromatic ring is 1. The number of hydrogen-bond donors (Lipinski definition) is 3. The Balaban J connectivity index is 2.70. The number of nitrogens with one attached hydrogen (secondary N) is 2. The summed E-state index contributed by atoms with van der Waals surface area (Å²) < 4.78 is 1.64. The molecule has 4 N–H and O–H groups in total. The van der Waals surface area contributed by atoms with E-state index in [0.29, 0.717) is 15.2 Å². The van der Waals surface area contributed by atoms with Crippen molar-refractivity contribution >= 4 is 39.8 Å². The molecule has 5 nitrogen and oxygen atoms in total. The monoisotopic (exact) mass is 325 g/mol. The number of nitrogens with zero attached hydrogens (tertiary/aromatic N) is 2. The van der Waals surface area contributed by atoms with Crippen molar-refractivity contribution in [2.24, 2.45) is 0 Å². The molecule has 2 aromatic rings. The van der Waals surface area contributed by atoms with Crippen molar-refractivity contribution in [2.75, 3.05) is 5.73 Å². The van der Waals surface area contributed by atoms with Crippen LogP contribution in [0.4, 0.5) is 5.95 Å². The van der Waals surface area contributed by atoms with E-state index >= 15 is 0 Å². The van der Waals surface area contributed by atoms with Crippen molar-refractivity contribution < 1.29 is 0 Å². The molecule has 0 unspecified atom stereocenters. The lowest BCUT2D eigenvalue weighted by Crippen LogP contribution is -2.25. The quantitative estimate of drug-likeness (QED) is 0.584. The molecule has 1 aromatic carbocycles. The van der Waals surface area contributed by atoms with E-state index in [9.17, 15) is 0 Å². The molecule has 0 amide bonds. The largest absolute Gasteiger partial charge is 0.369 e. The van der Waals surface area contributed by atoms with Crippen molar-refractivity contribution in [3.8, 4) is 11.3 Å². The van der Waals surface area contributed by atoms with Crippen LogP contribution >= 0.6 is 27.5 Å². The number of halogens is 2. The molecule has 1 heterocycles. The average molecular weight is 327 g/mol. The van der Waals surface area contributed by atoms with Crippen LogP contribution in [0, 0.1) is 10.8 Å². The summed E-state index contributed by atoms with van der Waals surface area (Å²) in [6.45, 7) is 0. The third kappa shape index (κ3) is 2.16. The van der Waals surface area contributed by atoms with E-state index in [1.165, 1.54) is 4.57 Å². The maximum atomic E-state index is 7.89. The molecule has 0 aliphatic heterocycles. The number of anilines is 1. The number of aromatic nitrogens is 2. The number of benzene rings is 1. The maximum Gasteiger partial charge on any atom is 0.207 e. The Bertz CT molecular complexity index is 662. The minimum atomic E-state index is 0.0717. The van der Waals surface area contributed by atoms with Gasteiger partial charge in [0.25, 0.3) is 0 Å². The lowest BCUT2D eigenvalue weighted by atomic mass is 10.1. The molecule has 92 valence electrons. The molecule has 0 atom stereocenters. The van der Waals surface area contributed by atoms with E-state index in [4.69, 9.17) is 28.2 Å². The molecular formula is C11H9BrClN5. The molecule has 0 saturated carbocycles. The minimum Gasteiger partial charge on any atom is -0.369 e. The van der Waals surface area contributed by atoms with Crippen molar-refractivity contribution in [1.82, 2.24) is 9.55 Å². The molecular weight excluding hydrogens is 318 g/mol. The van der Waals surface area contributed by atoms with Gasteiger partial charge in [-0.1, -0.05) is 23.7 Å². The Morgan fingerprint density at radius 3 is 2.50 bits per heavy atom. The van der Waals surface area contributed by atoms with E-state index in [1.54, 1.807) is 24.3 Å². The van der Waals surface area contributed by atoms with Crippen LogP contribution in [0.2, 0.25) is 5.02 Å². The van der Waals surface area contributed by atoms with Gasteiger partial charge in [0.1, 0.15) is 5.49 Å². The minimum absolute atomic E-state index is 0.0717. The van der Waals surface area contributed by atoms with Gasteiger partial charge in [0.15, 0.2) is 0 Å².